The minimum atomic E-state index is -0.477. The maximum atomic E-state index is 9.48. The van der Waals surface area contributed by atoms with Crippen molar-refractivity contribution >= 4 is 0 Å². The van der Waals surface area contributed by atoms with Gasteiger partial charge in [0.1, 0.15) is 0 Å². The largest absolute Gasteiger partial charge is 0.370 e. The van der Waals surface area contributed by atoms with Gasteiger partial charge in [0.2, 0.25) is 0 Å². The molecule has 0 radical (unpaired) electrons. The lowest BCUT2D eigenvalue weighted by molar-refractivity contribution is -0.107. The Hall–Kier alpha value is -1.37. The minimum absolute atomic E-state index is 0.0686. The van der Waals surface area contributed by atoms with Crippen LogP contribution in [0.3, 0.4) is 0 Å². The SMILES string of the molecule is CC12CCC(C(C)(C)C#N)(CC1OCc1ccccc1)O2. The van der Waals surface area contributed by atoms with E-state index in [4.69, 9.17) is 9.47 Å². The summed E-state index contributed by atoms with van der Waals surface area (Å²) in [6, 6.07) is 12.6. The summed E-state index contributed by atoms with van der Waals surface area (Å²) in [5.41, 5.74) is 0.105. The molecule has 0 spiro atoms. The van der Waals surface area contributed by atoms with Crippen LogP contribution in [0, 0.1) is 16.7 Å². The number of hydrogen-bond donors (Lipinski definition) is 0. The van der Waals surface area contributed by atoms with Gasteiger partial charge in [-0.25, -0.2) is 0 Å². The molecule has 0 N–H and O–H groups in total. The molecule has 1 aromatic carbocycles. The van der Waals surface area contributed by atoms with Crippen LogP contribution >= 0.6 is 0 Å². The number of rotatable bonds is 4. The molecular formula is C18H23NO2. The molecule has 3 unspecified atom stereocenters. The van der Waals surface area contributed by atoms with Crippen LogP contribution in [0.15, 0.2) is 30.3 Å². The number of nitriles is 1. The van der Waals surface area contributed by atoms with Crippen molar-refractivity contribution in [1.29, 1.82) is 5.26 Å². The molecule has 2 bridgehead atoms. The highest BCUT2D eigenvalue weighted by atomic mass is 16.6. The van der Waals surface area contributed by atoms with E-state index >= 15 is 0 Å². The first-order chi connectivity index (χ1) is 9.91. The standard InChI is InChI=1S/C18H23NO2/c1-16(2,13-19)18-10-9-17(3,21-18)15(11-18)20-12-14-7-5-4-6-8-14/h4-8,15H,9-12H2,1-3H3. The van der Waals surface area contributed by atoms with E-state index in [1.54, 1.807) is 0 Å². The minimum Gasteiger partial charge on any atom is -0.370 e. The van der Waals surface area contributed by atoms with E-state index < -0.39 is 5.41 Å². The van der Waals surface area contributed by atoms with Crippen LogP contribution in [-0.2, 0) is 16.1 Å². The lowest BCUT2D eigenvalue weighted by Gasteiger charge is -2.36. The van der Waals surface area contributed by atoms with Crippen molar-refractivity contribution in [1.82, 2.24) is 0 Å². The Morgan fingerprint density at radius 1 is 1.33 bits per heavy atom. The van der Waals surface area contributed by atoms with Gasteiger partial charge in [-0.3, -0.25) is 0 Å². The highest BCUT2D eigenvalue weighted by Gasteiger charge is 2.65. The fourth-order valence-electron chi connectivity index (χ4n) is 3.69. The Balaban J connectivity index is 1.73. The van der Waals surface area contributed by atoms with Gasteiger partial charge in [0.15, 0.2) is 0 Å². The molecule has 1 aromatic rings. The quantitative estimate of drug-likeness (QED) is 0.844. The topological polar surface area (TPSA) is 42.2 Å². The van der Waals surface area contributed by atoms with Crippen LogP contribution in [-0.4, -0.2) is 17.3 Å². The summed E-state index contributed by atoms with van der Waals surface area (Å²) in [4.78, 5) is 0. The summed E-state index contributed by atoms with van der Waals surface area (Å²) in [7, 11) is 0. The third kappa shape index (κ3) is 2.27. The molecule has 3 heteroatoms. The van der Waals surface area contributed by atoms with Crippen molar-refractivity contribution in [2.75, 3.05) is 0 Å². The normalized spacial score (nSPS) is 34.9. The zero-order valence-corrected chi connectivity index (χ0v) is 13.1. The van der Waals surface area contributed by atoms with Crippen LogP contribution in [0.2, 0.25) is 0 Å². The van der Waals surface area contributed by atoms with Crippen LogP contribution in [0.25, 0.3) is 0 Å². The first kappa shape index (κ1) is 14.6. The molecule has 3 nitrogen and oxygen atoms in total. The van der Waals surface area contributed by atoms with Gasteiger partial charge in [0.05, 0.1) is 35.4 Å². The molecular weight excluding hydrogens is 262 g/mol. The lowest BCUT2D eigenvalue weighted by atomic mass is 9.68. The van der Waals surface area contributed by atoms with Crippen LogP contribution in [0.5, 0.6) is 0 Å². The van der Waals surface area contributed by atoms with E-state index in [2.05, 4.69) is 25.1 Å². The number of benzene rings is 1. The van der Waals surface area contributed by atoms with Crippen molar-refractivity contribution in [2.45, 2.75) is 63.9 Å². The van der Waals surface area contributed by atoms with Crippen molar-refractivity contribution in [2.24, 2.45) is 5.41 Å². The molecule has 2 aliphatic heterocycles. The molecule has 3 rings (SSSR count). The van der Waals surface area contributed by atoms with Gasteiger partial charge in [-0.15, -0.1) is 0 Å². The van der Waals surface area contributed by atoms with Gasteiger partial charge in [0.25, 0.3) is 0 Å². The van der Waals surface area contributed by atoms with Gasteiger partial charge in [0, 0.05) is 6.42 Å². The third-order valence-electron chi connectivity index (χ3n) is 5.36. The Kier molecular flexibility index (Phi) is 3.35. The highest BCUT2D eigenvalue weighted by Crippen LogP contribution is 2.58. The van der Waals surface area contributed by atoms with Gasteiger partial charge >= 0.3 is 0 Å². The zero-order valence-electron chi connectivity index (χ0n) is 13.1. The molecule has 2 heterocycles. The second-order valence-corrected chi connectivity index (χ2v) is 7.14. The van der Waals surface area contributed by atoms with Crippen molar-refractivity contribution in [3.63, 3.8) is 0 Å². The smallest absolute Gasteiger partial charge is 0.0925 e. The second-order valence-electron chi connectivity index (χ2n) is 7.14. The van der Waals surface area contributed by atoms with Crippen LogP contribution < -0.4 is 0 Å². The number of hydrogen-bond acceptors (Lipinski definition) is 3. The van der Waals surface area contributed by atoms with Crippen LogP contribution in [0.1, 0.15) is 45.6 Å². The Morgan fingerprint density at radius 2 is 2.05 bits per heavy atom. The van der Waals surface area contributed by atoms with Crippen molar-refractivity contribution in [3.8, 4) is 6.07 Å². The van der Waals surface area contributed by atoms with E-state index in [1.807, 2.05) is 32.0 Å². The molecule has 0 amide bonds. The molecule has 0 aliphatic carbocycles. The molecule has 0 aromatic heterocycles. The van der Waals surface area contributed by atoms with E-state index in [0.717, 1.165) is 19.3 Å². The molecule has 2 aliphatic rings. The van der Waals surface area contributed by atoms with Gasteiger partial charge in [-0.2, -0.15) is 5.26 Å². The Bertz CT molecular complexity index is 562. The second kappa shape index (κ2) is 4.83. The fourth-order valence-corrected chi connectivity index (χ4v) is 3.69. The van der Waals surface area contributed by atoms with Gasteiger partial charge in [-0.05, 0) is 39.2 Å². The third-order valence-corrected chi connectivity index (χ3v) is 5.36. The Labute approximate surface area is 126 Å². The zero-order chi connectivity index (χ0) is 15.1. The van der Waals surface area contributed by atoms with E-state index in [9.17, 15) is 5.26 Å². The number of nitrogens with zero attached hydrogens (tertiary/aromatic N) is 1. The average molecular weight is 285 g/mol. The monoisotopic (exact) mass is 285 g/mol. The number of ether oxygens (including phenoxy) is 2. The molecule has 3 atom stereocenters. The summed E-state index contributed by atoms with van der Waals surface area (Å²) < 4.78 is 12.5. The molecule has 0 saturated carbocycles. The summed E-state index contributed by atoms with van der Waals surface area (Å²) in [6.45, 7) is 6.70. The predicted molar refractivity (Wildman–Crippen MR) is 80.5 cm³/mol. The predicted octanol–water partition coefficient (Wildman–Crippen LogP) is 3.83. The molecule has 2 fully saturated rings. The summed E-state index contributed by atoms with van der Waals surface area (Å²) in [6.07, 6.45) is 2.81. The molecule has 2 saturated heterocycles. The van der Waals surface area contributed by atoms with Gasteiger partial charge < -0.3 is 9.47 Å². The average Bonchev–Trinajstić information content (AvgIpc) is 2.99. The maximum Gasteiger partial charge on any atom is 0.0925 e. The van der Waals surface area contributed by atoms with E-state index in [-0.39, 0.29) is 17.3 Å². The van der Waals surface area contributed by atoms with Crippen molar-refractivity contribution in [3.05, 3.63) is 35.9 Å². The molecule has 112 valence electrons. The van der Waals surface area contributed by atoms with Crippen molar-refractivity contribution < 1.29 is 9.47 Å². The van der Waals surface area contributed by atoms with E-state index in [0.29, 0.717) is 6.61 Å². The Morgan fingerprint density at radius 3 is 2.71 bits per heavy atom. The van der Waals surface area contributed by atoms with Crippen LogP contribution in [0.4, 0.5) is 0 Å². The lowest BCUT2D eigenvalue weighted by Crippen LogP contribution is -2.43. The number of fused-ring (bicyclic) bond motifs is 2. The molecule has 21 heavy (non-hydrogen) atoms. The highest BCUT2D eigenvalue weighted by molar-refractivity contribution is 5.19. The van der Waals surface area contributed by atoms with Gasteiger partial charge in [-0.1, -0.05) is 30.3 Å². The summed E-state index contributed by atoms with van der Waals surface area (Å²) >= 11 is 0. The maximum absolute atomic E-state index is 9.48. The first-order valence-electron chi connectivity index (χ1n) is 7.68. The van der Waals surface area contributed by atoms with E-state index in [1.165, 1.54) is 5.56 Å². The summed E-state index contributed by atoms with van der Waals surface area (Å²) in [5, 5.41) is 9.48. The summed E-state index contributed by atoms with van der Waals surface area (Å²) in [5.74, 6) is 0. The fraction of sp³-hybridized carbons (Fsp3) is 0.611. The first-order valence-corrected chi connectivity index (χ1v) is 7.68.